The van der Waals surface area contributed by atoms with Crippen molar-refractivity contribution in [2.45, 2.75) is 19.9 Å². The van der Waals surface area contributed by atoms with E-state index in [2.05, 4.69) is 30.2 Å². The molecule has 0 aliphatic carbocycles. The Morgan fingerprint density at radius 2 is 1.94 bits per heavy atom. The number of pyridine rings is 1. The first-order chi connectivity index (χ1) is 8.70. The standard InChI is InChI=1S/C15H15N3/c1-11-7-8-17-10-15(11)18-12(2)14-5-3-13(9-16)4-6-14/h3-8,10,12,18H,1-2H3. The molecular weight excluding hydrogens is 222 g/mol. The van der Waals surface area contributed by atoms with Crippen molar-refractivity contribution in [3.63, 3.8) is 0 Å². The zero-order valence-corrected chi connectivity index (χ0v) is 10.5. The van der Waals surface area contributed by atoms with Crippen molar-refractivity contribution in [2.75, 3.05) is 5.32 Å². The van der Waals surface area contributed by atoms with E-state index in [4.69, 9.17) is 5.26 Å². The Labute approximate surface area is 107 Å². The van der Waals surface area contributed by atoms with Gasteiger partial charge in [0.1, 0.15) is 0 Å². The quantitative estimate of drug-likeness (QED) is 0.889. The highest BCUT2D eigenvalue weighted by Crippen LogP contribution is 2.21. The summed E-state index contributed by atoms with van der Waals surface area (Å²) in [4.78, 5) is 4.11. The van der Waals surface area contributed by atoms with E-state index in [1.807, 2.05) is 36.5 Å². The van der Waals surface area contributed by atoms with Gasteiger partial charge in [-0.15, -0.1) is 0 Å². The maximum atomic E-state index is 8.76. The van der Waals surface area contributed by atoms with E-state index >= 15 is 0 Å². The minimum Gasteiger partial charge on any atom is -0.377 e. The monoisotopic (exact) mass is 237 g/mol. The molecule has 1 aromatic heterocycles. The first kappa shape index (κ1) is 12.1. The molecule has 1 aromatic carbocycles. The summed E-state index contributed by atoms with van der Waals surface area (Å²) in [7, 11) is 0. The van der Waals surface area contributed by atoms with Crippen LogP contribution in [0.5, 0.6) is 0 Å². The number of nitrogens with one attached hydrogen (secondary N) is 1. The molecule has 0 bridgehead atoms. The number of hydrogen-bond acceptors (Lipinski definition) is 3. The molecule has 2 rings (SSSR count). The Morgan fingerprint density at radius 1 is 1.22 bits per heavy atom. The maximum absolute atomic E-state index is 8.76. The maximum Gasteiger partial charge on any atom is 0.0991 e. The predicted molar refractivity (Wildman–Crippen MR) is 72.2 cm³/mol. The third-order valence-corrected chi connectivity index (χ3v) is 2.95. The zero-order chi connectivity index (χ0) is 13.0. The van der Waals surface area contributed by atoms with Crippen molar-refractivity contribution in [1.82, 2.24) is 4.98 Å². The molecule has 0 saturated heterocycles. The molecule has 1 unspecified atom stereocenters. The SMILES string of the molecule is Cc1ccncc1NC(C)c1ccc(C#N)cc1. The molecule has 90 valence electrons. The van der Waals surface area contributed by atoms with Crippen molar-refractivity contribution in [3.05, 3.63) is 59.4 Å². The average molecular weight is 237 g/mol. The third kappa shape index (κ3) is 2.67. The summed E-state index contributed by atoms with van der Waals surface area (Å²) in [6.45, 7) is 4.14. The van der Waals surface area contributed by atoms with Gasteiger partial charge in [0, 0.05) is 12.2 Å². The van der Waals surface area contributed by atoms with E-state index in [0.717, 1.165) is 11.3 Å². The highest BCUT2D eigenvalue weighted by Gasteiger charge is 2.06. The molecule has 0 radical (unpaired) electrons. The largest absolute Gasteiger partial charge is 0.377 e. The fourth-order valence-electron chi connectivity index (χ4n) is 1.78. The van der Waals surface area contributed by atoms with Gasteiger partial charge >= 0.3 is 0 Å². The van der Waals surface area contributed by atoms with E-state index in [1.54, 1.807) is 6.20 Å². The Morgan fingerprint density at radius 3 is 2.56 bits per heavy atom. The second-order valence-electron chi connectivity index (χ2n) is 4.29. The molecule has 3 nitrogen and oxygen atoms in total. The fourth-order valence-corrected chi connectivity index (χ4v) is 1.78. The molecule has 0 amide bonds. The second-order valence-corrected chi connectivity index (χ2v) is 4.29. The third-order valence-electron chi connectivity index (χ3n) is 2.95. The molecule has 3 heteroatoms. The van der Waals surface area contributed by atoms with Gasteiger partial charge in [-0.2, -0.15) is 5.26 Å². The van der Waals surface area contributed by atoms with Crippen LogP contribution >= 0.6 is 0 Å². The lowest BCUT2D eigenvalue weighted by atomic mass is 10.1. The van der Waals surface area contributed by atoms with Crippen molar-refractivity contribution in [1.29, 1.82) is 5.26 Å². The highest BCUT2D eigenvalue weighted by molar-refractivity contribution is 5.50. The van der Waals surface area contributed by atoms with E-state index in [9.17, 15) is 0 Å². The van der Waals surface area contributed by atoms with Crippen LogP contribution in [-0.2, 0) is 0 Å². The van der Waals surface area contributed by atoms with Gasteiger partial charge < -0.3 is 5.32 Å². The van der Waals surface area contributed by atoms with Crippen LogP contribution in [0.4, 0.5) is 5.69 Å². The van der Waals surface area contributed by atoms with E-state index in [0.29, 0.717) is 5.56 Å². The lowest BCUT2D eigenvalue weighted by molar-refractivity contribution is 0.880. The van der Waals surface area contributed by atoms with Crippen LogP contribution in [-0.4, -0.2) is 4.98 Å². The number of nitrogens with zero attached hydrogens (tertiary/aromatic N) is 2. The first-order valence-electron chi connectivity index (χ1n) is 5.88. The Balaban J connectivity index is 2.15. The first-order valence-corrected chi connectivity index (χ1v) is 5.88. The summed E-state index contributed by atoms with van der Waals surface area (Å²) in [6, 6.07) is 11.9. The topological polar surface area (TPSA) is 48.7 Å². The summed E-state index contributed by atoms with van der Waals surface area (Å²) in [6.07, 6.45) is 3.61. The number of anilines is 1. The van der Waals surface area contributed by atoms with E-state index in [-0.39, 0.29) is 6.04 Å². The second kappa shape index (κ2) is 5.33. The van der Waals surface area contributed by atoms with Crippen LogP contribution in [0.3, 0.4) is 0 Å². The molecule has 1 heterocycles. The Kier molecular flexibility index (Phi) is 3.59. The van der Waals surface area contributed by atoms with Crippen LogP contribution in [0.1, 0.15) is 29.7 Å². The number of aromatic nitrogens is 1. The molecule has 0 aliphatic rings. The molecule has 1 atom stereocenters. The Hall–Kier alpha value is -2.34. The van der Waals surface area contributed by atoms with Gasteiger partial charge in [-0.25, -0.2) is 0 Å². The number of nitriles is 1. The predicted octanol–water partition coefficient (Wildman–Crippen LogP) is 3.43. The van der Waals surface area contributed by atoms with Gasteiger partial charge in [-0.1, -0.05) is 12.1 Å². The molecule has 0 fully saturated rings. The van der Waals surface area contributed by atoms with Crippen molar-refractivity contribution >= 4 is 5.69 Å². The zero-order valence-electron chi connectivity index (χ0n) is 10.5. The van der Waals surface area contributed by atoms with Gasteiger partial charge in [0.05, 0.1) is 23.5 Å². The number of rotatable bonds is 3. The highest BCUT2D eigenvalue weighted by atomic mass is 14.9. The van der Waals surface area contributed by atoms with E-state index < -0.39 is 0 Å². The molecule has 2 aromatic rings. The number of hydrogen-bond donors (Lipinski definition) is 1. The smallest absolute Gasteiger partial charge is 0.0991 e. The van der Waals surface area contributed by atoms with Gasteiger partial charge in [-0.05, 0) is 43.2 Å². The Bertz CT molecular complexity index is 567. The van der Waals surface area contributed by atoms with Gasteiger partial charge in [0.2, 0.25) is 0 Å². The van der Waals surface area contributed by atoms with Crippen LogP contribution in [0.15, 0.2) is 42.7 Å². The normalized spacial score (nSPS) is 11.6. The lowest BCUT2D eigenvalue weighted by Gasteiger charge is -2.17. The van der Waals surface area contributed by atoms with Gasteiger partial charge in [0.15, 0.2) is 0 Å². The molecule has 1 N–H and O–H groups in total. The fraction of sp³-hybridized carbons (Fsp3) is 0.200. The minimum atomic E-state index is 0.181. The molecule has 0 saturated carbocycles. The summed E-state index contributed by atoms with van der Waals surface area (Å²) in [5, 5.41) is 12.2. The van der Waals surface area contributed by atoms with Crippen LogP contribution in [0.2, 0.25) is 0 Å². The lowest BCUT2D eigenvalue weighted by Crippen LogP contribution is -2.07. The summed E-state index contributed by atoms with van der Waals surface area (Å²) in [5.41, 5.74) is 4.04. The summed E-state index contributed by atoms with van der Waals surface area (Å²) >= 11 is 0. The molecule has 0 spiro atoms. The summed E-state index contributed by atoms with van der Waals surface area (Å²) in [5.74, 6) is 0. The molecule has 18 heavy (non-hydrogen) atoms. The van der Waals surface area contributed by atoms with Crippen molar-refractivity contribution in [2.24, 2.45) is 0 Å². The summed E-state index contributed by atoms with van der Waals surface area (Å²) < 4.78 is 0. The minimum absolute atomic E-state index is 0.181. The number of benzene rings is 1. The molecule has 0 aliphatic heterocycles. The number of aryl methyl sites for hydroxylation is 1. The van der Waals surface area contributed by atoms with Crippen molar-refractivity contribution < 1.29 is 0 Å². The molecular formula is C15H15N3. The van der Waals surface area contributed by atoms with Crippen LogP contribution in [0, 0.1) is 18.3 Å². The van der Waals surface area contributed by atoms with Crippen LogP contribution in [0.25, 0.3) is 0 Å². The van der Waals surface area contributed by atoms with E-state index in [1.165, 1.54) is 5.56 Å². The van der Waals surface area contributed by atoms with Gasteiger partial charge in [-0.3, -0.25) is 4.98 Å². The van der Waals surface area contributed by atoms with Crippen molar-refractivity contribution in [3.8, 4) is 6.07 Å². The van der Waals surface area contributed by atoms with Crippen LogP contribution < -0.4 is 5.32 Å². The average Bonchev–Trinajstić information content (AvgIpc) is 2.41. The van der Waals surface area contributed by atoms with Gasteiger partial charge in [0.25, 0.3) is 0 Å².